The molecule has 166 valence electrons. The van der Waals surface area contributed by atoms with E-state index in [1.54, 1.807) is 18.2 Å². The topological polar surface area (TPSA) is 63.6 Å². The number of aromatic hydroxyl groups is 1. The molecule has 0 aromatic heterocycles. The molecule has 31 heavy (non-hydrogen) atoms. The van der Waals surface area contributed by atoms with Crippen LogP contribution in [0.4, 0.5) is 0 Å². The summed E-state index contributed by atoms with van der Waals surface area (Å²) >= 11 is 0. The molecule has 4 aliphatic carbocycles. The molecule has 4 heteroatoms. The molecule has 4 aliphatic rings. The SMILES string of the molecule is Cc1cc(O)ccc1C(=O)OC1CC[C@H]2[C@@H]3CCC4=CC(=O)CC[C@]4(C)[C@@H]3CC[C@]12C. The van der Waals surface area contributed by atoms with E-state index >= 15 is 0 Å². The van der Waals surface area contributed by atoms with E-state index in [2.05, 4.69) is 13.8 Å². The first kappa shape index (κ1) is 20.8. The van der Waals surface area contributed by atoms with Crippen molar-refractivity contribution in [3.63, 3.8) is 0 Å². The molecule has 4 nitrogen and oxygen atoms in total. The largest absolute Gasteiger partial charge is 0.508 e. The Balaban J connectivity index is 1.36. The van der Waals surface area contributed by atoms with Gasteiger partial charge in [-0.1, -0.05) is 19.4 Å². The molecule has 1 unspecified atom stereocenters. The lowest BCUT2D eigenvalue weighted by Gasteiger charge is -2.57. The number of hydrogen-bond acceptors (Lipinski definition) is 4. The summed E-state index contributed by atoms with van der Waals surface area (Å²) in [6.45, 7) is 6.59. The molecule has 1 N–H and O–H groups in total. The third-order valence-electron chi connectivity index (χ3n) is 9.55. The first-order valence-electron chi connectivity index (χ1n) is 12.0. The number of phenols is 1. The Kier molecular flexibility index (Phi) is 4.84. The Morgan fingerprint density at radius 2 is 1.87 bits per heavy atom. The van der Waals surface area contributed by atoms with Gasteiger partial charge < -0.3 is 9.84 Å². The molecule has 0 amide bonds. The number of fused-ring (bicyclic) bond motifs is 5. The van der Waals surface area contributed by atoms with Crippen LogP contribution in [0.2, 0.25) is 0 Å². The van der Waals surface area contributed by atoms with Crippen LogP contribution < -0.4 is 0 Å². The van der Waals surface area contributed by atoms with Crippen molar-refractivity contribution in [2.45, 2.75) is 78.2 Å². The number of carbonyl (C=O) groups excluding carboxylic acids is 2. The third kappa shape index (κ3) is 3.16. The molecule has 1 aromatic carbocycles. The zero-order valence-electron chi connectivity index (χ0n) is 18.9. The number of esters is 1. The molecule has 0 heterocycles. The maximum atomic E-state index is 13.0. The third-order valence-corrected chi connectivity index (χ3v) is 9.55. The quantitative estimate of drug-likeness (QED) is 0.616. The number of benzene rings is 1. The second-order valence-electron chi connectivity index (χ2n) is 11.0. The molecule has 0 spiro atoms. The average Bonchev–Trinajstić information content (AvgIpc) is 3.04. The second-order valence-corrected chi connectivity index (χ2v) is 11.0. The number of carbonyl (C=O) groups is 2. The molecule has 5 rings (SSSR count). The number of ether oxygens (including phenoxy) is 1. The lowest BCUT2D eigenvalue weighted by Crippen LogP contribution is -2.51. The molecule has 0 aliphatic heterocycles. The summed E-state index contributed by atoms with van der Waals surface area (Å²) in [7, 11) is 0. The molecular formula is C27H34O4. The van der Waals surface area contributed by atoms with Gasteiger partial charge in [-0.2, -0.15) is 0 Å². The minimum Gasteiger partial charge on any atom is -0.508 e. The van der Waals surface area contributed by atoms with E-state index in [1.807, 2.05) is 13.0 Å². The van der Waals surface area contributed by atoms with Gasteiger partial charge >= 0.3 is 5.97 Å². The number of phenolic OH excluding ortho intramolecular Hbond substituents is 1. The van der Waals surface area contributed by atoms with Crippen LogP contribution in [0.15, 0.2) is 29.8 Å². The predicted octanol–water partition coefficient (Wildman–Crippen LogP) is 5.76. The first-order valence-corrected chi connectivity index (χ1v) is 12.0. The van der Waals surface area contributed by atoms with E-state index in [9.17, 15) is 14.7 Å². The van der Waals surface area contributed by atoms with Gasteiger partial charge in [0.25, 0.3) is 0 Å². The predicted molar refractivity (Wildman–Crippen MR) is 119 cm³/mol. The number of hydrogen-bond donors (Lipinski definition) is 1. The smallest absolute Gasteiger partial charge is 0.338 e. The van der Waals surface area contributed by atoms with Crippen LogP contribution in [0.25, 0.3) is 0 Å². The lowest BCUT2D eigenvalue weighted by molar-refractivity contribution is -0.118. The summed E-state index contributed by atoms with van der Waals surface area (Å²) in [6, 6.07) is 4.83. The van der Waals surface area contributed by atoms with Crippen molar-refractivity contribution < 1.29 is 19.4 Å². The molecule has 3 saturated carbocycles. The Morgan fingerprint density at radius 1 is 1.06 bits per heavy atom. The summed E-state index contributed by atoms with van der Waals surface area (Å²) in [5.41, 5.74) is 2.90. The summed E-state index contributed by atoms with van der Waals surface area (Å²) in [5.74, 6) is 2.10. The normalized spacial score (nSPS) is 39.2. The molecule has 6 atom stereocenters. The highest BCUT2D eigenvalue weighted by atomic mass is 16.5. The van der Waals surface area contributed by atoms with Crippen molar-refractivity contribution in [2.24, 2.45) is 28.6 Å². The molecule has 0 radical (unpaired) electrons. The fraction of sp³-hybridized carbons (Fsp3) is 0.630. The van der Waals surface area contributed by atoms with Gasteiger partial charge in [0.15, 0.2) is 5.78 Å². The fourth-order valence-corrected chi connectivity index (χ4v) is 7.77. The van der Waals surface area contributed by atoms with Crippen molar-refractivity contribution in [1.29, 1.82) is 0 Å². The van der Waals surface area contributed by atoms with Crippen LogP contribution in [0.1, 0.15) is 81.1 Å². The van der Waals surface area contributed by atoms with E-state index in [0.717, 1.165) is 50.5 Å². The van der Waals surface area contributed by atoms with Crippen molar-refractivity contribution >= 4 is 11.8 Å². The monoisotopic (exact) mass is 422 g/mol. The van der Waals surface area contributed by atoms with Crippen LogP contribution in [0.5, 0.6) is 5.75 Å². The Morgan fingerprint density at radius 3 is 2.65 bits per heavy atom. The second kappa shape index (κ2) is 7.21. The molecule has 1 aromatic rings. The van der Waals surface area contributed by atoms with Crippen LogP contribution in [0, 0.1) is 35.5 Å². The Hall–Kier alpha value is -2.10. The highest BCUT2D eigenvalue weighted by molar-refractivity contribution is 5.92. The van der Waals surface area contributed by atoms with Gasteiger partial charge in [-0.15, -0.1) is 0 Å². The number of ketones is 1. The van der Waals surface area contributed by atoms with Crippen molar-refractivity contribution in [1.82, 2.24) is 0 Å². The summed E-state index contributed by atoms with van der Waals surface area (Å²) in [6.07, 6.45) is 10.1. The van der Waals surface area contributed by atoms with Gasteiger partial charge in [-0.3, -0.25) is 4.79 Å². The summed E-state index contributed by atoms with van der Waals surface area (Å²) < 4.78 is 6.14. The molecule has 0 bridgehead atoms. The van der Waals surface area contributed by atoms with E-state index in [-0.39, 0.29) is 28.7 Å². The zero-order valence-corrected chi connectivity index (χ0v) is 18.9. The van der Waals surface area contributed by atoms with Crippen molar-refractivity contribution in [3.05, 3.63) is 41.0 Å². The van der Waals surface area contributed by atoms with Crippen LogP contribution in [-0.4, -0.2) is 23.0 Å². The van der Waals surface area contributed by atoms with Crippen molar-refractivity contribution in [3.8, 4) is 5.75 Å². The standard InChI is InChI=1S/C27H34O4/c1-16-14-18(28)5-7-20(16)25(30)31-24-9-8-22-21-6-4-17-15-19(29)10-12-26(17,2)23(21)11-13-27(22,24)3/h5,7,14-15,21-24,28H,4,6,8-13H2,1-3H3/t21-,22-,23+,24?,26-,27-/m0/s1. The van der Waals surface area contributed by atoms with Crippen LogP contribution >= 0.6 is 0 Å². The maximum absolute atomic E-state index is 13.0. The van der Waals surface area contributed by atoms with E-state index in [4.69, 9.17) is 4.74 Å². The Labute approximate surface area is 185 Å². The average molecular weight is 423 g/mol. The molecular weight excluding hydrogens is 388 g/mol. The van der Waals surface area contributed by atoms with Crippen molar-refractivity contribution in [2.75, 3.05) is 0 Å². The summed E-state index contributed by atoms with van der Waals surface area (Å²) in [4.78, 5) is 25.0. The maximum Gasteiger partial charge on any atom is 0.338 e. The van der Waals surface area contributed by atoms with Crippen LogP contribution in [0.3, 0.4) is 0 Å². The Bertz CT molecular complexity index is 962. The summed E-state index contributed by atoms with van der Waals surface area (Å²) in [5, 5.41) is 9.65. The lowest BCUT2D eigenvalue weighted by atomic mass is 9.47. The number of aryl methyl sites for hydroxylation is 1. The fourth-order valence-electron chi connectivity index (χ4n) is 7.77. The van der Waals surface area contributed by atoms with Gasteiger partial charge in [-0.25, -0.2) is 4.79 Å². The van der Waals surface area contributed by atoms with E-state index in [1.165, 1.54) is 5.57 Å². The minimum atomic E-state index is -0.266. The molecule has 0 saturated heterocycles. The van der Waals surface area contributed by atoms with Gasteiger partial charge in [-0.05, 0) is 105 Å². The van der Waals surface area contributed by atoms with Gasteiger partial charge in [0, 0.05) is 11.8 Å². The van der Waals surface area contributed by atoms with E-state index < -0.39 is 0 Å². The van der Waals surface area contributed by atoms with Gasteiger partial charge in [0.2, 0.25) is 0 Å². The molecule has 3 fully saturated rings. The van der Waals surface area contributed by atoms with Crippen LogP contribution in [-0.2, 0) is 9.53 Å². The van der Waals surface area contributed by atoms with E-state index in [0.29, 0.717) is 35.5 Å². The number of rotatable bonds is 2. The highest BCUT2D eigenvalue weighted by Crippen LogP contribution is 2.65. The van der Waals surface area contributed by atoms with Gasteiger partial charge in [0.1, 0.15) is 11.9 Å². The van der Waals surface area contributed by atoms with Gasteiger partial charge in [0.05, 0.1) is 5.56 Å². The number of allylic oxidation sites excluding steroid dienone is 1. The highest BCUT2D eigenvalue weighted by Gasteiger charge is 2.60. The zero-order chi connectivity index (χ0) is 22.0. The first-order chi connectivity index (χ1) is 14.7. The minimum absolute atomic E-state index is 0.0315.